The SMILES string of the molecule is C[C@H](OC(=O)c1cc2ccccc2s1)C(=O)NC1(C#N)CCCCC1. The summed E-state index contributed by atoms with van der Waals surface area (Å²) >= 11 is 1.34. The third-order valence-electron chi connectivity index (χ3n) is 4.56. The second-order valence-corrected chi connectivity index (χ2v) is 7.52. The molecule has 1 aliphatic rings. The Kier molecular flexibility index (Phi) is 5.05. The Morgan fingerprint density at radius 1 is 1.28 bits per heavy atom. The molecule has 0 bridgehead atoms. The van der Waals surface area contributed by atoms with Crippen LogP contribution in [0, 0.1) is 11.3 Å². The number of rotatable bonds is 4. The van der Waals surface area contributed by atoms with Gasteiger partial charge in [-0.1, -0.05) is 37.5 Å². The van der Waals surface area contributed by atoms with E-state index in [0.717, 1.165) is 29.3 Å². The van der Waals surface area contributed by atoms with Gasteiger partial charge in [0, 0.05) is 4.70 Å². The van der Waals surface area contributed by atoms with Crippen LogP contribution >= 0.6 is 11.3 Å². The normalized spacial score (nSPS) is 17.4. The average molecular weight is 356 g/mol. The summed E-state index contributed by atoms with van der Waals surface area (Å²) in [5.74, 6) is -0.934. The molecule has 1 N–H and O–H groups in total. The molecular formula is C19H20N2O3S. The number of carbonyl (C=O) groups excluding carboxylic acids is 2. The van der Waals surface area contributed by atoms with Gasteiger partial charge in [0.25, 0.3) is 5.91 Å². The molecular weight excluding hydrogens is 336 g/mol. The molecule has 5 nitrogen and oxygen atoms in total. The third kappa shape index (κ3) is 3.83. The quantitative estimate of drug-likeness (QED) is 0.845. The molecule has 1 saturated carbocycles. The minimum atomic E-state index is -0.940. The van der Waals surface area contributed by atoms with Crippen molar-refractivity contribution in [1.29, 1.82) is 5.26 Å². The first-order valence-corrected chi connectivity index (χ1v) is 9.27. The molecule has 1 atom stereocenters. The Labute approximate surface area is 150 Å². The van der Waals surface area contributed by atoms with E-state index in [-0.39, 0.29) is 0 Å². The van der Waals surface area contributed by atoms with Crippen LogP contribution in [-0.4, -0.2) is 23.5 Å². The maximum absolute atomic E-state index is 12.4. The van der Waals surface area contributed by atoms with Gasteiger partial charge >= 0.3 is 5.97 Å². The monoisotopic (exact) mass is 356 g/mol. The fourth-order valence-electron chi connectivity index (χ4n) is 3.11. The largest absolute Gasteiger partial charge is 0.448 e. The van der Waals surface area contributed by atoms with E-state index in [4.69, 9.17) is 4.74 Å². The van der Waals surface area contributed by atoms with Gasteiger partial charge in [-0.25, -0.2) is 4.79 Å². The first kappa shape index (κ1) is 17.4. The van der Waals surface area contributed by atoms with Crippen molar-refractivity contribution in [2.45, 2.75) is 50.7 Å². The van der Waals surface area contributed by atoms with Crippen molar-refractivity contribution >= 4 is 33.3 Å². The van der Waals surface area contributed by atoms with Crippen LogP contribution in [0.4, 0.5) is 0 Å². The lowest BCUT2D eigenvalue weighted by Crippen LogP contribution is -2.52. The van der Waals surface area contributed by atoms with Gasteiger partial charge in [-0.3, -0.25) is 4.79 Å². The molecule has 1 aliphatic carbocycles. The highest BCUT2D eigenvalue weighted by atomic mass is 32.1. The molecule has 1 aromatic carbocycles. The topological polar surface area (TPSA) is 79.2 Å². The Morgan fingerprint density at radius 2 is 2.00 bits per heavy atom. The summed E-state index contributed by atoms with van der Waals surface area (Å²) in [5, 5.41) is 13.2. The van der Waals surface area contributed by atoms with Gasteiger partial charge in [-0.2, -0.15) is 5.26 Å². The zero-order valence-corrected chi connectivity index (χ0v) is 14.9. The van der Waals surface area contributed by atoms with Crippen molar-refractivity contribution in [3.8, 4) is 6.07 Å². The minimum Gasteiger partial charge on any atom is -0.448 e. The number of benzene rings is 1. The summed E-state index contributed by atoms with van der Waals surface area (Å²) in [4.78, 5) is 25.2. The lowest BCUT2D eigenvalue weighted by molar-refractivity contribution is -0.130. The van der Waals surface area contributed by atoms with Gasteiger partial charge < -0.3 is 10.1 Å². The van der Waals surface area contributed by atoms with E-state index in [9.17, 15) is 14.9 Å². The molecule has 25 heavy (non-hydrogen) atoms. The van der Waals surface area contributed by atoms with Crippen LogP contribution in [0.3, 0.4) is 0 Å². The standard InChI is InChI=1S/C19H20N2O3S/c1-13(17(22)21-19(12-20)9-5-2-6-10-19)24-18(23)16-11-14-7-3-4-8-15(14)25-16/h3-4,7-8,11,13H,2,5-6,9-10H2,1H3,(H,21,22)/t13-/m0/s1. The smallest absolute Gasteiger partial charge is 0.349 e. The van der Waals surface area contributed by atoms with E-state index in [1.165, 1.54) is 18.3 Å². The first-order chi connectivity index (χ1) is 12.0. The Hall–Kier alpha value is -2.39. The van der Waals surface area contributed by atoms with Crippen molar-refractivity contribution in [2.24, 2.45) is 0 Å². The van der Waals surface area contributed by atoms with Gasteiger partial charge in [-0.15, -0.1) is 11.3 Å². The number of amides is 1. The van der Waals surface area contributed by atoms with Crippen LogP contribution in [-0.2, 0) is 9.53 Å². The molecule has 130 valence electrons. The van der Waals surface area contributed by atoms with Crippen LogP contribution in [0.2, 0.25) is 0 Å². The van der Waals surface area contributed by atoms with Crippen molar-refractivity contribution < 1.29 is 14.3 Å². The highest BCUT2D eigenvalue weighted by Crippen LogP contribution is 2.28. The van der Waals surface area contributed by atoms with E-state index in [1.807, 2.05) is 24.3 Å². The van der Waals surface area contributed by atoms with E-state index >= 15 is 0 Å². The van der Waals surface area contributed by atoms with Gasteiger partial charge in [0.1, 0.15) is 10.4 Å². The highest BCUT2D eigenvalue weighted by Gasteiger charge is 2.35. The number of fused-ring (bicyclic) bond motifs is 1. The van der Waals surface area contributed by atoms with Crippen LogP contribution in [0.1, 0.15) is 48.7 Å². The molecule has 0 saturated heterocycles. The Bertz CT molecular complexity index is 798. The van der Waals surface area contributed by atoms with Gasteiger partial charge in [0.05, 0.1) is 6.07 Å². The highest BCUT2D eigenvalue weighted by molar-refractivity contribution is 7.20. The van der Waals surface area contributed by atoms with Crippen molar-refractivity contribution in [3.05, 3.63) is 35.2 Å². The molecule has 0 unspecified atom stereocenters. The Balaban J connectivity index is 1.64. The summed E-state index contributed by atoms with van der Waals surface area (Å²) < 4.78 is 6.31. The Morgan fingerprint density at radius 3 is 2.68 bits per heavy atom. The molecule has 6 heteroatoms. The second-order valence-electron chi connectivity index (χ2n) is 6.44. The van der Waals surface area contributed by atoms with Crippen LogP contribution < -0.4 is 5.32 Å². The minimum absolute atomic E-state index is 0.419. The summed E-state index contributed by atoms with van der Waals surface area (Å²) in [5.41, 5.74) is -0.826. The van der Waals surface area contributed by atoms with Gasteiger partial charge in [-0.05, 0) is 37.3 Å². The number of nitriles is 1. The second kappa shape index (κ2) is 7.24. The summed E-state index contributed by atoms with van der Waals surface area (Å²) in [7, 11) is 0. The number of ether oxygens (including phenoxy) is 1. The van der Waals surface area contributed by atoms with E-state index in [2.05, 4.69) is 11.4 Å². The number of esters is 1. The first-order valence-electron chi connectivity index (χ1n) is 8.46. The van der Waals surface area contributed by atoms with Gasteiger partial charge in [0.15, 0.2) is 6.10 Å². The number of thiophene rings is 1. The summed E-state index contributed by atoms with van der Waals surface area (Å²) in [6, 6.07) is 11.7. The van der Waals surface area contributed by atoms with E-state index < -0.39 is 23.5 Å². The molecule has 2 aromatic rings. The molecule has 1 fully saturated rings. The number of hydrogen-bond donors (Lipinski definition) is 1. The zero-order valence-electron chi connectivity index (χ0n) is 14.1. The third-order valence-corrected chi connectivity index (χ3v) is 5.66. The maximum Gasteiger partial charge on any atom is 0.349 e. The molecule has 1 heterocycles. The van der Waals surface area contributed by atoms with E-state index in [1.54, 1.807) is 6.07 Å². The number of nitrogens with zero attached hydrogens (tertiary/aromatic N) is 1. The number of nitrogens with one attached hydrogen (secondary N) is 1. The molecule has 0 aliphatic heterocycles. The molecule has 0 radical (unpaired) electrons. The van der Waals surface area contributed by atoms with Crippen LogP contribution in [0.5, 0.6) is 0 Å². The molecule has 1 amide bonds. The van der Waals surface area contributed by atoms with Crippen molar-refractivity contribution in [1.82, 2.24) is 5.32 Å². The predicted octanol–water partition coefficient (Wildman–Crippen LogP) is 3.79. The predicted molar refractivity (Wildman–Crippen MR) is 96.3 cm³/mol. The fraction of sp³-hybridized carbons (Fsp3) is 0.421. The van der Waals surface area contributed by atoms with Crippen molar-refractivity contribution in [2.75, 3.05) is 0 Å². The van der Waals surface area contributed by atoms with Crippen LogP contribution in [0.15, 0.2) is 30.3 Å². The lowest BCUT2D eigenvalue weighted by atomic mass is 9.83. The molecule has 3 rings (SSSR count). The molecule has 1 aromatic heterocycles. The zero-order chi connectivity index (χ0) is 17.9. The number of hydrogen-bond acceptors (Lipinski definition) is 5. The average Bonchev–Trinajstić information content (AvgIpc) is 3.06. The van der Waals surface area contributed by atoms with Gasteiger partial charge in [0.2, 0.25) is 0 Å². The fourth-order valence-corrected chi connectivity index (χ4v) is 4.06. The summed E-state index contributed by atoms with van der Waals surface area (Å²) in [6.07, 6.45) is 3.27. The lowest BCUT2D eigenvalue weighted by Gasteiger charge is -2.32. The maximum atomic E-state index is 12.4. The number of carbonyl (C=O) groups is 2. The van der Waals surface area contributed by atoms with E-state index in [0.29, 0.717) is 17.7 Å². The molecule has 0 spiro atoms. The van der Waals surface area contributed by atoms with Crippen LogP contribution in [0.25, 0.3) is 10.1 Å². The summed E-state index contributed by atoms with van der Waals surface area (Å²) in [6.45, 7) is 1.54. The van der Waals surface area contributed by atoms with Crippen molar-refractivity contribution in [3.63, 3.8) is 0 Å².